The van der Waals surface area contributed by atoms with Crippen molar-refractivity contribution in [2.45, 2.75) is 45.0 Å². The Bertz CT molecular complexity index is 2100. The van der Waals surface area contributed by atoms with Crippen molar-refractivity contribution in [3.05, 3.63) is 142 Å². The molecule has 258 valence electrons. The number of hydrogen-bond acceptors (Lipinski definition) is 8. The third-order valence-electron chi connectivity index (χ3n) is 8.79. The summed E-state index contributed by atoms with van der Waals surface area (Å²) in [6.07, 6.45) is -0.987. The number of hydrogen-bond donors (Lipinski definition) is 3. The van der Waals surface area contributed by atoms with Crippen LogP contribution in [0.2, 0.25) is 0 Å². The third kappa shape index (κ3) is 8.00. The van der Waals surface area contributed by atoms with Gasteiger partial charge in [0.1, 0.15) is 31.3 Å². The lowest BCUT2D eigenvalue weighted by molar-refractivity contribution is 0.0472. The molecule has 1 aliphatic rings. The SMILES string of the molecule is Cc1cc(OCCNCC(O)c2ccc3cc2NS(=O)(=O)c2cccc(c2)CO3)c(C)c(C)c1-c1ccc(C(=O)OCc2ccccc2)cc1. The van der Waals surface area contributed by atoms with Gasteiger partial charge in [-0.1, -0.05) is 60.7 Å². The quantitative estimate of drug-likeness (QED) is 0.0997. The topological polar surface area (TPSA) is 123 Å². The number of fused-ring (bicyclic) bond motifs is 4. The van der Waals surface area contributed by atoms with Gasteiger partial charge in [0.05, 0.1) is 22.3 Å². The molecule has 50 heavy (non-hydrogen) atoms. The zero-order valence-electron chi connectivity index (χ0n) is 28.2. The summed E-state index contributed by atoms with van der Waals surface area (Å²) in [5.41, 5.74) is 8.08. The van der Waals surface area contributed by atoms with Crippen LogP contribution in [0.15, 0.2) is 108 Å². The Morgan fingerprint density at radius 2 is 1.70 bits per heavy atom. The highest BCUT2D eigenvalue weighted by Gasteiger charge is 2.22. The molecule has 6 rings (SSSR count). The molecule has 0 saturated carbocycles. The number of sulfonamides is 1. The van der Waals surface area contributed by atoms with Crippen LogP contribution in [0.3, 0.4) is 0 Å². The molecular weight excluding hydrogens is 653 g/mol. The second-order valence-corrected chi connectivity index (χ2v) is 14.0. The summed E-state index contributed by atoms with van der Waals surface area (Å²) in [6.45, 7) is 7.55. The summed E-state index contributed by atoms with van der Waals surface area (Å²) in [4.78, 5) is 12.7. The van der Waals surface area contributed by atoms with Gasteiger partial charge < -0.3 is 24.6 Å². The second kappa shape index (κ2) is 15.2. The van der Waals surface area contributed by atoms with Crippen LogP contribution in [-0.4, -0.2) is 39.2 Å². The van der Waals surface area contributed by atoms with Gasteiger partial charge in [0.2, 0.25) is 0 Å². The van der Waals surface area contributed by atoms with E-state index in [-0.39, 0.29) is 36.3 Å². The van der Waals surface area contributed by atoms with Crippen molar-refractivity contribution < 1.29 is 32.5 Å². The lowest BCUT2D eigenvalue weighted by Crippen LogP contribution is -2.27. The number of esters is 1. The Morgan fingerprint density at radius 1 is 0.920 bits per heavy atom. The fraction of sp³-hybridized carbons (Fsp3) is 0.225. The van der Waals surface area contributed by atoms with E-state index in [0.717, 1.165) is 44.7 Å². The monoisotopic (exact) mass is 692 g/mol. The largest absolute Gasteiger partial charge is 0.492 e. The first-order valence-electron chi connectivity index (χ1n) is 16.4. The minimum atomic E-state index is -3.86. The highest BCUT2D eigenvalue weighted by atomic mass is 32.2. The molecule has 4 bridgehead atoms. The van der Waals surface area contributed by atoms with Crippen LogP contribution in [0.4, 0.5) is 5.69 Å². The second-order valence-electron chi connectivity index (χ2n) is 12.3. The molecule has 0 aliphatic carbocycles. The third-order valence-corrected chi connectivity index (χ3v) is 10.2. The summed E-state index contributed by atoms with van der Waals surface area (Å²) in [5.74, 6) is 0.898. The molecular formula is C40H40N2O7S. The molecule has 0 fully saturated rings. The number of benzene rings is 5. The first-order valence-corrected chi connectivity index (χ1v) is 17.9. The molecule has 0 spiro atoms. The lowest BCUT2D eigenvalue weighted by atomic mass is 9.91. The van der Waals surface area contributed by atoms with Gasteiger partial charge >= 0.3 is 5.97 Å². The molecule has 5 aromatic rings. The van der Waals surface area contributed by atoms with Gasteiger partial charge in [-0.25, -0.2) is 13.2 Å². The summed E-state index contributed by atoms with van der Waals surface area (Å²) in [6, 6.07) is 30.6. The van der Waals surface area contributed by atoms with E-state index in [9.17, 15) is 18.3 Å². The van der Waals surface area contributed by atoms with Crippen molar-refractivity contribution in [2.24, 2.45) is 0 Å². The minimum absolute atomic E-state index is 0.130. The Balaban J connectivity index is 1.04. The maximum Gasteiger partial charge on any atom is 0.338 e. The fourth-order valence-electron chi connectivity index (χ4n) is 5.98. The first kappa shape index (κ1) is 34.7. The van der Waals surface area contributed by atoms with E-state index in [0.29, 0.717) is 30.0 Å². The Hall–Kier alpha value is -5.16. The van der Waals surface area contributed by atoms with E-state index >= 15 is 0 Å². The molecule has 0 saturated heterocycles. The van der Waals surface area contributed by atoms with Gasteiger partial charge in [-0.3, -0.25) is 4.72 Å². The van der Waals surface area contributed by atoms with E-state index in [1.807, 2.05) is 68.4 Å². The van der Waals surface area contributed by atoms with E-state index < -0.39 is 16.1 Å². The molecule has 1 atom stereocenters. The molecule has 1 heterocycles. The van der Waals surface area contributed by atoms with E-state index in [2.05, 4.69) is 17.0 Å². The summed E-state index contributed by atoms with van der Waals surface area (Å²) in [7, 11) is -3.86. The molecule has 0 amide bonds. The standard InChI is InChI=1S/C40H40N2O7S/c1-26-20-38(27(2)28(3)39(26)31-12-14-32(15-13-31)40(44)49-24-29-8-5-4-6-9-29)47-19-18-41-23-37(43)35-17-16-33-22-36(35)42-50(45,46)34-11-7-10-30(21-34)25-48-33/h4-17,20-22,37,41-43H,18-19,23-25H2,1-3H3. The van der Waals surface area contributed by atoms with Crippen molar-refractivity contribution in [1.82, 2.24) is 5.32 Å². The highest BCUT2D eigenvalue weighted by Crippen LogP contribution is 2.35. The van der Waals surface area contributed by atoms with Gasteiger partial charge in [-0.15, -0.1) is 0 Å². The molecule has 9 nitrogen and oxygen atoms in total. The van der Waals surface area contributed by atoms with Crippen molar-refractivity contribution in [3.63, 3.8) is 0 Å². The zero-order valence-corrected chi connectivity index (χ0v) is 29.0. The van der Waals surface area contributed by atoms with Gasteiger partial charge in [-0.05, 0) is 96.1 Å². The number of aryl methyl sites for hydroxylation is 1. The maximum atomic E-state index is 13.1. The Labute approximate surface area is 292 Å². The number of ether oxygens (including phenoxy) is 3. The smallest absolute Gasteiger partial charge is 0.338 e. The van der Waals surface area contributed by atoms with Crippen LogP contribution in [0.5, 0.6) is 11.5 Å². The predicted molar refractivity (Wildman–Crippen MR) is 193 cm³/mol. The molecule has 0 radical (unpaired) electrons. The van der Waals surface area contributed by atoms with Crippen molar-refractivity contribution in [1.29, 1.82) is 0 Å². The molecule has 1 aliphatic heterocycles. The van der Waals surface area contributed by atoms with Gasteiger partial charge in [-0.2, -0.15) is 0 Å². The van der Waals surface area contributed by atoms with Crippen molar-refractivity contribution >= 4 is 21.7 Å². The normalized spacial score (nSPS) is 13.8. The number of anilines is 1. The molecule has 0 aromatic heterocycles. The van der Waals surface area contributed by atoms with Crippen LogP contribution < -0.4 is 19.5 Å². The maximum absolute atomic E-state index is 13.1. The predicted octanol–water partition coefficient (Wildman–Crippen LogP) is 7.03. The highest BCUT2D eigenvalue weighted by molar-refractivity contribution is 7.92. The number of carbonyl (C=O) groups is 1. The van der Waals surface area contributed by atoms with Crippen LogP contribution >= 0.6 is 0 Å². The zero-order chi connectivity index (χ0) is 35.3. The van der Waals surface area contributed by atoms with Crippen LogP contribution in [0.25, 0.3) is 11.1 Å². The van der Waals surface area contributed by atoms with Crippen LogP contribution in [0, 0.1) is 20.8 Å². The molecule has 1 unspecified atom stereocenters. The Morgan fingerprint density at radius 3 is 2.48 bits per heavy atom. The average Bonchev–Trinajstić information content (AvgIpc) is 3.12. The molecule has 10 heteroatoms. The van der Waals surface area contributed by atoms with Gasteiger partial charge in [0.25, 0.3) is 10.0 Å². The lowest BCUT2D eigenvalue weighted by Gasteiger charge is -2.21. The average molecular weight is 693 g/mol. The van der Waals surface area contributed by atoms with E-state index in [1.54, 1.807) is 42.5 Å². The number of nitrogens with one attached hydrogen (secondary N) is 2. The summed E-state index contributed by atoms with van der Waals surface area (Å²) >= 11 is 0. The van der Waals surface area contributed by atoms with Crippen LogP contribution in [0.1, 0.15) is 49.8 Å². The van der Waals surface area contributed by atoms with Gasteiger partial charge in [0, 0.05) is 24.7 Å². The van der Waals surface area contributed by atoms with E-state index in [4.69, 9.17) is 14.2 Å². The fourth-order valence-corrected chi connectivity index (χ4v) is 7.13. The van der Waals surface area contributed by atoms with E-state index in [1.165, 1.54) is 6.07 Å². The van der Waals surface area contributed by atoms with Gasteiger partial charge in [0.15, 0.2) is 0 Å². The molecule has 3 N–H and O–H groups in total. The number of carbonyl (C=O) groups excluding carboxylic acids is 1. The van der Waals surface area contributed by atoms with Crippen molar-refractivity contribution in [2.75, 3.05) is 24.4 Å². The summed E-state index contributed by atoms with van der Waals surface area (Å²) in [5, 5.41) is 14.2. The Kier molecular flexibility index (Phi) is 10.5. The number of aliphatic hydroxyl groups excluding tert-OH is 1. The van der Waals surface area contributed by atoms with Crippen molar-refractivity contribution in [3.8, 4) is 22.6 Å². The van der Waals surface area contributed by atoms with Crippen LogP contribution in [-0.2, 0) is 28.0 Å². The first-order chi connectivity index (χ1) is 24.1. The molecule has 5 aromatic carbocycles. The number of rotatable bonds is 11. The summed E-state index contributed by atoms with van der Waals surface area (Å²) < 4.78 is 46.3. The number of aliphatic hydroxyl groups is 1. The minimum Gasteiger partial charge on any atom is -0.492 e.